The molecule has 5 nitrogen and oxygen atoms in total. The second kappa shape index (κ2) is 5.44. The van der Waals surface area contributed by atoms with Gasteiger partial charge in [0, 0.05) is 28.7 Å². The Hall–Kier alpha value is -1.96. The maximum atomic E-state index is 12.4. The summed E-state index contributed by atoms with van der Waals surface area (Å²) in [6, 6.07) is 10.5. The van der Waals surface area contributed by atoms with E-state index in [0.29, 0.717) is 10.6 Å². The van der Waals surface area contributed by atoms with Crippen LogP contribution >= 0.6 is 11.3 Å². The first-order valence-electron chi connectivity index (χ1n) is 6.24. The van der Waals surface area contributed by atoms with Crippen LogP contribution in [0.2, 0.25) is 0 Å². The van der Waals surface area contributed by atoms with Gasteiger partial charge < -0.3 is 5.73 Å². The van der Waals surface area contributed by atoms with E-state index < -0.39 is 10.0 Å². The summed E-state index contributed by atoms with van der Waals surface area (Å²) in [5.74, 6) is 0. The standard InChI is InChI=1S/C14H13N3O2S2/c15-9-13-14(5-7-20-13)21(18,19)17-11-3-4-12-10(8-11)2-1-6-16-12/h1-8,17H,9,15H2. The first kappa shape index (κ1) is 14.0. The molecule has 0 unspecified atom stereocenters. The summed E-state index contributed by atoms with van der Waals surface area (Å²) in [4.78, 5) is 5.08. The second-order valence-electron chi connectivity index (χ2n) is 4.43. The van der Waals surface area contributed by atoms with Gasteiger partial charge in [-0.3, -0.25) is 9.71 Å². The summed E-state index contributed by atoms with van der Waals surface area (Å²) in [6.45, 7) is 0.204. The number of thiophene rings is 1. The fourth-order valence-electron chi connectivity index (χ4n) is 2.07. The average molecular weight is 319 g/mol. The Morgan fingerprint density at radius 2 is 2.10 bits per heavy atom. The Balaban J connectivity index is 1.97. The zero-order chi connectivity index (χ0) is 14.9. The minimum absolute atomic E-state index is 0.204. The molecule has 0 bridgehead atoms. The van der Waals surface area contributed by atoms with Crippen molar-refractivity contribution in [2.24, 2.45) is 5.73 Å². The third-order valence-corrected chi connectivity index (χ3v) is 5.57. The van der Waals surface area contributed by atoms with E-state index in [1.165, 1.54) is 11.3 Å². The smallest absolute Gasteiger partial charge is 0.263 e. The molecule has 108 valence electrons. The monoisotopic (exact) mass is 319 g/mol. The van der Waals surface area contributed by atoms with E-state index in [-0.39, 0.29) is 11.4 Å². The minimum atomic E-state index is -3.62. The van der Waals surface area contributed by atoms with E-state index in [0.717, 1.165) is 10.9 Å². The lowest BCUT2D eigenvalue weighted by Gasteiger charge is -2.09. The number of nitrogens with zero attached hydrogens (tertiary/aromatic N) is 1. The zero-order valence-electron chi connectivity index (χ0n) is 11.0. The number of anilines is 1. The van der Waals surface area contributed by atoms with Crippen LogP contribution in [0.15, 0.2) is 52.9 Å². The number of hydrogen-bond acceptors (Lipinski definition) is 5. The summed E-state index contributed by atoms with van der Waals surface area (Å²) in [5, 5.41) is 2.60. The molecular formula is C14H13N3O2S2. The average Bonchev–Trinajstić information content (AvgIpc) is 2.96. The molecule has 0 amide bonds. The molecule has 0 spiro atoms. The van der Waals surface area contributed by atoms with Gasteiger partial charge in [0.05, 0.1) is 5.52 Å². The molecule has 0 saturated heterocycles. The molecule has 0 aliphatic carbocycles. The molecule has 3 aromatic rings. The van der Waals surface area contributed by atoms with Crippen LogP contribution in [-0.4, -0.2) is 13.4 Å². The maximum absolute atomic E-state index is 12.4. The first-order valence-corrected chi connectivity index (χ1v) is 8.60. The minimum Gasteiger partial charge on any atom is -0.326 e. The highest BCUT2D eigenvalue weighted by atomic mass is 32.2. The van der Waals surface area contributed by atoms with Crippen molar-refractivity contribution < 1.29 is 8.42 Å². The Labute approximate surface area is 126 Å². The van der Waals surface area contributed by atoms with Gasteiger partial charge in [-0.1, -0.05) is 6.07 Å². The van der Waals surface area contributed by atoms with Crippen molar-refractivity contribution in [2.45, 2.75) is 11.4 Å². The summed E-state index contributed by atoms with van der Waals surface area (Å²) >= 11 is 1.34. The first-order chi connectivity index (χ1) is 10.1. The molecular weight excluding hydrogens is 306 g/mol. The lowest BCUT2D eigenvalue weighted by molar-refractivity contribution is 0.600. The van der Waals surface area contributed by atoms with Crippen molar-refractivity contribution in [2.75, 3.05) is 4.72 Å². The van der Waals surface area contributed by atoms with Crippen LogP contribution in [0.25, 0.3) is 10.9 Å². The van der Waals surface area contributed by atoms with Crippen molar-refractivity contribution in [1.29, 1.82) is 0 Å². The predicted octanol–water partition coefficient (Wildman–Crippen LogP) is 2.56. The molecule has 2 aromatic heterocycles. The predicted molar refractivity (Wildman–Crippen MR) is 84.8 cm³/mol. The lowest BCUT2D eigenvalue weighted by Crippen LogP contribution is -2.14. The largest absolute Gasteiger partial charge is 0.326 e. The number of rotatable bonds is 4. The normalized spacial score (nSPS) is 11.7. The summed E-state index contributed by atoms with van der Waals surface area (Å²) in [5.41, 5.74) is 6.89. The van der Waals surface area contributed by atoms with Gasteiger partial charge >= 0.3 is 0 Å². The molecule has 0 atom stereocenters. The third kappa shape index (κ3) is 2.76. The van der Waals surface area contributed by atoms with Crippen LogP contribution in [0, 0.1) is 0 Å². The molecule has 0 fully saturated rings. The number of aromatic nitrogens is 1. The fourth-order valence-corrected chi connectivity index (χ4v) is 4.45. The van der Waals surface area contributed by atoms with Crippen molar-refractivity contribution in [3.05, 3.63) is 52.9 Å². The Morgan fingerprint density at radius 3 is 2.90 bits per heavy atom. The summed E-state index contributed by atoms with van der Waals surface area (Å²) < 4.78 is 27.4. The van der Waals surface area contributed by atoms with E-state index in [4.69, 9.17) is 5.73 Å². The number of nitrogens with two attached hydrogens (primary N) is 1. The van der Waals surface area contributed by atoms with Crippen LogP contribution in [-0.2, 0) is 16.6 Å². The second-order valence-corrected chi connectivity index (χ2v) is 7.08. The fraction of sp³-hybridized carbons (Fsp3) is 0.0714. The molecule has 2 heterocycles. The van der Waals surface area contributed by atoms with Crippen molar-refractivity contribution in [3.8, 4) is 0 Å². The molecule has 21 heavy (non-hydrogen) atoms. The van der Waals surface area contributed by atoms with Crippen LogP contribution in [0.3, 0.4) is 0 Å². The number of benzene rings is 1. The van der Waals surface area contributed by atoms with Gasteiger partial charge in [-0.2, -0.15) is 0 Å². The highest BCUT2D eigenvalue weighted by Crippen LogP contribution is 2.25. The van der Waals surface area contributed by atoms with Crippen molar-refractivity contribution in [1.82, 2.24) is 4.98 Å². The number of nitrogens with one attached hydrogen (secondary N) is 1. The Kier molecular flexibility index (Phi) is 3.62. The van der Waals surface area contributed by atoms with Gasteiger partial charge in [0.1, 0.15) is 4.90 Å². The quantitative estimate of drug-likeness (QED) is 0.774. The summed E-state index contributed by atoms with van der Waals surface area (Å²) in [6.07, 6.45) is 1.70. The van der Waals surface area contributed by atoms with Crippen molar-refractivity contribution >= 4 is 38.0 Å². The van der Waals surface area contributed by atoms with E-state index in [1.54, 1.807) is 35.8 Å². The van der Waals surface area contributed by atoms with E-state index in [1.807, 2.05) is 12.1 Å². The highest BCUT2D eigenvalue weighted by Gasteiger charge is 2.19. The SMILES string of the molecule is NCc1sccc1S(=O)(=O)Nc1ccc2ncccc2c1. The number of pyridine rings is 1. The summed E-state index contributed by atoms with van der Waals surface area (Å²) in [7, 11) is -3.62. The topological polar surface area (TPSA) is 85.1 Å². The van der Waals surface area contributed by atoms with Gasteiger partial charge in [-0.25, -0.2) is 8.42 Å². The molecule has 0 radical (unpaired) electrons. The van der Waals surface area contributed by atoms with E-state index in [9.17, 15) is 8.42 Å². The number of sulfonamides is 1. The molecule has 0 aliphatic heterocycles. The molecule has 0 aliphatic rings. The molecule has 0 saturated carbocycles. The third-order valence-electron chi connectivity index (χ3n) is 3.03. The molecule has 7 heteroatoms. The highest BCUT2D eigenvalue weighted by molar-refractivity contribution is 7.93. The van der Waals surface area contributed by atoms with Crippen molar-refractivity contribution in [3.63, 3.8) is 0 Å². The maximum Gasteiger partial charge on any atom is 0.263 e. The van der Waals surface area contributed by atoms with Gasteiger partial charge in [0.25, 0.3) is 10.0 Å². The van der Waals surface area contributed by atoms with Gasteiger partial charge in [0.15, 0.2) is 0 Å². The lowest BCUT2D eigenvalue weighted by atomic mass is 10.2. The molecule has 3 rings (SSSR count). The Bertz CT molecular complexity index is 888. The van der Waals surface area contributed by atoms with Crippen LogP contribution in [0.4, 0.5) is 5.69 Å². The van der Waals surface area contributed by atoms with Gasteiger partial charge in [-0.05, 0) is 35.7 Å². The van der Waals surface area contributed by atoms with Crippen LogP contribution in [0.1, 0.15) is 4.88 Å². The van der Waals surface area contributed by atoms with Crippen LogP contribution in [0.5, 0.6) is 0 Å². The number of hydrogen-bond donors (Lipinski definition) is 2. The number of fused-ring (bicyclic) bond motifs is 1. The Morgan fingerprint density at radius 1 is 1.24 bits per heavy atom. The van der Waals surface area contributed by atoms with Crippen LogP contribution < -0.4 is 10.5 Å². The van der Waals surface area contributed by atoms with E-state index >= 15 is 0 Å². The molecule has 1 aromatic carbocycles. The van der Waals surface area contributed by atoms with Gasteiger partial charge in [0.2, 0.25) is 0 Å². The van der Waals surface area contributed by atoms with Gasteiger partial charge in [-0.15, -0.1) is 11.3 Å². The molecule has 3 N–H and O–H groups in total. The van der Waals surface area contributed by atoms with E-state index in [2.05, 4.69) is 9.71 Å². The zero-order valence-corrected chi connectivity index (χ0v) is 12.6.